The lowest BCUT2D eigenvalue weighted by Crippen LogP contribution is -2.31. The monoisotopic (exact) mass is 396 g/mol. The van der Waals surface area contributed by atoms with Gasteiger partial charge in [0.2, 0.25) is 21.8 Å². The molecule has 0 saturated carbocycles. The minimum atomic E-state index is -3.76. The third kappa shape index (κ3) is 5.07. The number of imide groups is 1. The van der Waals surface area contributed by atoms with Gasteiger partial charge in [-0.25, -0.2) is 18.0 Å². The number of sulfonamides is 1. The van der Waals surface area contributed by atoms with Crippen molar-refractivity contribution in [1.29, 1.82) is 0 Å². The molecule has 0 aliphatic carbocycles. The van der Waals surface area contributed by atoms with Crippen molar-refractivity contribution in [3.63, 3.8) is 0 Å². The van der Waals surface area contributed by atoms with Crippen LogP contribution in [0.2, 0.25) is 0 Å². The number of amides is 2. The number of ether oxygens (including phenoxy) is 1. The summed E-state index contributed by atoms with van der Waals surface area (Å²) >= 11 is 0. The quantitative estimate of drug-likeness (QED) is 0.614. The maximum atomic E-state index is 12.7. The molecule has 7 nitrogen and oxygen atoms in total. The van der Waals surface area contributed by atoms with Gasteiger partial charge in [-0.15, -0.1) is 0 Å². The molecule has 2 rings (SSSR count). The molecule has 1 saturated heterocycles. The summed E-state index contributed by atoms with van der Waals surface area (Å²) in [5.74, 6) is -0.149. The number of hydrogen-bond acceptors (Lipinski definition) is 5. The Balaban J connectivity index is 2.25. The molecule has 1 N–H and O–H groups in total. The van der Waals surface area contributed by atoms with Crippen LogP contribution in [0.3, 0.4) is 0 Å². The molecule has 1 fully saturated rings. The molecule has 0 bridgehead atoms. The van der Waals surface area contributed by atoms with Crippen molar-refractivity contribution in [3.8, 4) is 5.75 Å². The first-order valence-electron chi connectivity index (χ1n) is 9.37. The van der Waals surface area contributed by atoms with E-state index in [1.54, 1.807) is 0 Å². The van der Waals surface area contributed by atoms with Gasteiger partial charge in [0, 0.05) is 19.4 Å². The molecule has 2 amide bonds. The Morgan fingerprint density at radius 2 is 1.85 bits per heavy atom. The zero-order valence-corrected chi connectivity index (χ0v) is 17.0. The summed E-state index contributed by atoms with van der Waals surface area (Å²) < 4.78 is 33.3. The number of rotatable bonds is 10. The molecule has 0 radical (unpaired) electrons. The lowest BCUT2D eigenvalue weighted by atomic mass is 10.00. The van der Waals surface area contributed by atoms with E-state index >= 15 is 0 Å². The van der Waals surface area contributed by atoms with Crippen LogP contribution in [0.15, 0.2) is 23.1 Å². The maximum Gasteiger partial charge on any atom is 0.240 e. The number of carbonyl (C=O) groups is 2. The molecule has 150 valence electrons. The van der Waals surface area contributed by atoms with Crippen LogP contribution in [0.25, 0.3) is 0 Å². The summed E-state index contributed by atoms with van der Waals surface area (Å²) in [5, 5.41) is 0. The topological polar surface area (TPSA) is 92.8 Å². The van der Waals surface area contributed by atoms with Crippen LogP contribution < -0.4 is 14.4 Å². The Kier molecular flexibility index (Phi) is 7.38. The smallest absolute Gasteiger partial charge is 0.240 e. The van der Waals surface area contributed by atoms with Crippen molar-refractivity contribution in [2.24, 2.45) is 5.92 Å². The van der Waals surface area contributed by atoms with Gasteiger partial charge in [-0.1, -0.05) is 33.1 Å². The number of anilines is 1. The highest BCUT2D eigenvalue weighted by Gasteiger charge is 2.33. The van der Waals surface area contributed by atoms with E-state index in [2.05, 4.69) is 11.6 Å². The van der Waals surface area contributed by atoms with Gasteiger partial charge in [0.25, 0.3) is 0 Å². The van der Waals surface area contributed by atoms with E-state index in [1.165, 1.54) is 25.3 Å². The summed E-state index contributed by atoms with van der Waals surface area (Å²) in [6, 6.07) is 4.22. The van der Waals surface area contributed by atoms with Gasteiger partial charge in [-0.05, 0) is 30.5 Å². The van der Waals surface area contributed by atoms with E-state index in [4.69, 9.17) is 4.74 Å². The van der Waals surface area contributed by atoms with Gasteiger partial charge in [-0.2, -0.15) is 0 Å². The predicted molar refractivity (Wildman–Crippen MR) is 103 cm³/mol. The van der Waals surface area contributed by atoms with Crippen LogP contribution >= 0.6 is 0 Å². The minimum Gasteiger partial charge on any atom is -0.495 e. The second kappa shape index (κ2) is 9.32. The van der Waals surface area contributed by atoms with Crippen molar-refractivity contribution < 1.29 is 22.7 Å². The Labute approximate surface area is 161 Å². The van der Waals surface area contributed by atoms with Crippen LogP contribution in [-0.4, -0.2) is 33.9 Å². The maximum absolute atomic E-state index is 12.7. The third-order valence-corrected chi connectivity index (χ3v) is 6.28. The second-order valence-corrected chi connectivity index (χ2v) is 8.49. The average Bonchev–Trinajstić information content (AvgIpc) is 2.99. The van der Waals surface area contributed by atoms with E-state index in [9.17, 15) is 18.0 Å². The average molecular weight is 397 g/mol. The fourth-order valence-electron chi connectivity index (χ4n) is 3.11. The number of nitrogens with zero attached hydrogens (tertiary/aromatic N) is 1. The Morgan fingerprint density at radius 3 is 2.41 bits per heavy atom. The molecule has 1 aromatic rings. The van der Waals surface area contributed by atoms with E-state index in [0.717, 1.165) is 30.6 Å². The molecule has 27 heavy (non-hydrogen) atoms. The molecule has 0 spiro atoms. The number of benzene rings is 1. The minimum absolute atomic E-state index is 0.0103. The molecule has 1 aromatic carbocycles. The highest BCUT2D eigenvalue weighted by Crippen LogP contribution is 2.34. The summed E-state index contributed by atoms with van der Waals surface area (Å²) in [6.07, 6.45) is 4.24. The van der Waals surface area contributed by atoms with Crippen LogP contribution in [0.1, 0.15) is 52.4 Å². The molecular formula is C19H28N2O5S. The first-order chi connectivity index (χ1) is 12.8. The number of hydrogen-bond donors (Lipinski definition) is 1. The second-order valence-electron chi connectivity index (χ2n) is 6.72. The molecule has 0 unspecified atom stereocenters. The number of nitrogens with one attached hydrogen (secondary N) is 1. The van der Waals surface area contributed by atoms with E-state index in [-0.39, 0.29) is 46.9 Å². The van der Waals surface area contributed by atoms with Crippen LogP contribution in [0.5, 0.6) is 5.75 Å². The largest absolute Gasteiger partial charge is 0.495 e. The van der Waals surface area contributed by atoms with E-state index in [1.807, 2.05) is 6.92 Å². The molecule has 1 atom stereocenters. The normalized spacial score (nSPS) is 16.0. The van der Waals surface area contributed by atoms with Gasteiger partial charge in [0.05, 0.1) is 17.7 Å². The van der Waals surface area contributed by atoms with Crippen molar-refractivity contribution in [1.82, 2.24) is 4.72 Å². The molecule has 1 heterocycles. The molecular weight excluding hydrogens is 368 g/mol. The van der Waals surface area contributed by atoms with Gasteiger partial charge < -0.3 is 4.74 Å². The number of methoxy groups -OCH3 is 1. The van der Waals surface area contributed by atoms with Crippen molar-refractivity contribution in [3.05, 3.63) is 18.2 Å². The standard InChI is InChI=1S/C19H28N2O5S/c1-4-6-7-14(5-2)13-20-27(24,25)15-8-9-17(26-3)16(12-15)21-18(22)10-11-19(21)23/h8-9,12,14,20H,4-7,10-11,13H2,1-3H3/t14-/m1/s1. The first kappa shape index (κ1) is 21.4. The molecule has 8 heteroatoms. The van der Waals surface area contributed by atoms with E-state index < -0.39 is 10.0 Å². The number of carbonyl (C=O) groups excluding carboxylic acids is 2. The highest BCUT2D eigenvalue weighted by atomic mass is 32.2. The van der Waals surface area contributed by atoms with Crippen LogP contribution in [0.4, 0.5) is 5.69 Å². The summed E-state index contributed by atoms with van der Waals surface area (Å²) in [5.41, 5.74) is 0.172. The summed E-state index contributed by atoms with van der Waals surface area (Å²) in [6.45, 7) is 4.52. The van der Waals surface area contributed by atoms with E-state index in [0.29, 0.717) is 6.54 Å². The predicted octanol–water partition coefficient (Wildman–Crippen LogP) is 2.84. The lowest BCUT2D eigenvalue weighted by molar-refractivity contribution is -0.121. The van der Waals surface area contributed by atoms with Crippen molar-refractivity contribution in [2.75, 3.05) is 18.6 Å². The Bertz CT molecular complexity index is 775. The molecule has 1 aliphatic heterocycles. The Morgan fingerprint density at radius 1 is 1.19 bits per heavy atom. The zero-order valence-electron chi connectivity index (χ0n) is 16.2. The van der Waals surface area contributed by atoms with Gasteiger partial charge in [-0.3, -0.25) is 9.59 Å². The molecule has 0 aromatic heterocycles. The fourth-order valence-corrected chi connectivity index (χ4v) is 4.25. The highest BCUT2D eigenvalue weighted by molar-refractivity contribution is 7.89. The van der Waals surface area contributed by atoms with Gasteiger partial charge >= 0.3 is 0 Å². The number of unbranched alkanes of at least 4 members (excludes halogenated alkanes) is 1. The Hall–Kier alpha value is -1.93. The van der Waals surface area contributed by atoms with Crippen LogP contribution in [0, 0.1) is 5.92 Å². The zero-order chi connectivity index (χ0) is 20.0. The fraction of sp³-hybridized carbons (Fsp3) is 0.579. The van der Waals surface area contributed by atoms with Crippen molar-refractivity contribution >= 4 is 27.5 Å². The van der Waals surface area contributed by atoms with Gasteiger partial charge in [0.1, 0.15) is 5.75 Å². The third-order valence-electron chi connectivity index (χ3n) is 4.86. The van der Waals surface area contributed by atoms with Crippen LogP contribution in [-0.2, 0) is 19.6 Å². The molecule has 1 aliphatic rings. The summed E-state index contributed by atoms with van der Waals surface area (Å²) in [4.78, 5) is 25.1. The summed E-state index contributed by atoms with van der Waals surface area (Å²) in [7, 11) is -2.34. The van der Waals surface area contributed by atoms with Gasteiger partial charge in [0.15, 0.2) is 0 Å². The van der Waals surface area contributed by atoms with Crippen molar-refractivity contribution in [2.45, 2.75) is 57.3 Å². The SMILES string of the molecule is CCCC[C@@H](CC)CNS(=O)(=O)c1ccc(OC)c(N2C(=O)CCC2=O)c1. The lowest BCUT2D eigenvalue weighted by Gasteiger charge is -2.19. The first-order valence-corrected chi connectivity index (χ1v) is 10.9.